The van der Waals surface area contributed by atoms with Crippen molar-refractivity contribution in [2.45, 2.75) is 6.92 Å². The molecule has 0 aliphatic heterocycles. The SMILES string of the molecule is Cc1cc(-c2[nH]nc(N)c2-c2ccc(Br)cc2)ccc1Cl. The molecule has 0 saturated carbocycles. The molecule has 21 heavy (non-hydrogen) atoms. The van der Waals surface area contributed by atoms with Crippen molar-refractivity contribution < 1.29 is 0 Å². The highest BCUT2D eigenvalue weighted by Crippen LogP contribution is 2.36. The molecule has 3 N–H and O–H groups in total. The lowest BCUT2D eigenvalue weighted by molar-refractivity contribution is 1.10. The first-order valence-electron chi connectivity index (χ1n) is 6.42. The highest BCUT2D eigenvalue weighted by atomic mass is 79.9. The first-order chi connectivity index (χ1) is 10.1. The van der Waals surface area contributed by atoms with Gasteiger partial charge in [0.05, 0.1) is 11.3 Å². The number of nitrogens with zero attached hydrogens (tertiary/aromatic N) is 1. The number of benzene rings is 2. The Balaban J connectivity index is 2.16. The van der Waals surface area contributed by atoms with Gasteiger partial charge >= 0.3 is 0 Å². The fourth-order valence-electron chi connectivity index (χ4n) is 2.27. The van der Waals surface area contributed by atoms with Crippen LogP contribution in [-0.4, -0.2) is 10.2 Å². The van der Waals surface area contributed by atoms with Crippen molar-refractivity contribution in [3.05, 3.63) is 57.5 Å². The highest BCUT2D eigenvalue weighted by molar-refractivity contribution is 9.10. The van der Waals surface area contributed by atoms with Gasteiger partial charge in [0, 0.05) is 15.1 Å². The lowest BCUT2D eigenvalue weighted by atomic mass is 10.00. The summed E-state index contributed by atoms with van der Waals surface area (Å²) in [6, 6.07) is 13.9. The number of rotatable bonds is 2. The maximum atomic E-state index is 6.09. The quantitative estimate of drug-likeness (QED) is 0.670. The van der Waals surface area contributed by atoms with Crippen LogP contribution in [0.2, 0.25) is 5.02 Å². The molecule has 0 amide bonds. The molecule has 3 rings (SSSR count). The van der Waals surface area contributed by atoms with Gasteiger partial charge in [-0.2, -0.15) is 5.10 Å². The van der Waals surface area contributed by atoms with Crippen molar-refractivity contribution in [1.82, 2.24) is 10.2 Å². The second-order valence-electron chi connectivity index (χ2n) is 4.83. The Morgan fingerprint density at radius 1 is 1.10 bits per heavy atom. The second-order valence-corrected chi connectivity index (χ2v) is 6.15. The van der Waals surface area contributed by atoms with E-state index in [0.29, 0.717) is 5.82 Å². The molecule has 0 spiro atoms. The molecule has 106 valence electrons. The van der Waals surface area contributed by atoms with E-state index in [0.717, 1.165) is 37.4 Å². The molecule has 0 unspecified atom stereocenters. The summed E-state index contributed by atoms with van der Waals surface area (Å²) in [6.45, 7) is 1.98. The summed E-state index contributed by atoms with van der Waals surface area (Å²) in [7, 11) is 0. The van der Waals surface area contributed by atoms with Crippen molar-refractivity contribution in [2.75, 3.05) is 5.73 Å². The Hall–Kier alpha value is -1.78. The standard InChI is InChI=1S/C16H13BrClN3/c1-9-8-11(4-7-13(9)18)15-14(16(19)21-20-15)10-2-5-12(17)6-3-10/h2-8H,1H3,(H3,19,20,21). The number of aromatic amines is 1. The topological polar surface area (TPSA) is 54.7 Å². The average molecular weight is 363 g/mol. The van der Waals surface area contributed by atoms with Crippen molar-refractivity contribution in [3.63, 3.8) is 0 Å². The van der Waals surface area contributed by atoms with Gasteiger partial charge in [-0.3, -0.25) is 5.10 Å². The zero-order valence-electron chi connectivity index (χ0n) is 11.3. The molecule has 0 radical (unpaired) electrons. The van der Waals surface area contributed by atoms with Crippen LogP contribution >= 0.6 is 27.5 Å². The summed E-state index contributed by atoms with van der Waals surface area (Å²) in [4.78, 5) is 0. The number of aromatic nitrogens is 2. The van der Waals surface area contributed by atoms with Crippen molar-refractivity contribution in [2.24, 2.45) is 0 Å². The second kappa shape index (κ2) is 5.54. The Morgan fingerprint density at radius 3 is 2.43 bits per heavy atom. The van der Waals surface area contributed by atoms with Crippen LogP contribution in [0.1, 0.15) is 5.56 Å². The minimum atomic E-state index is 0.486. The molecule has 1 heterocycles. The number of anilines is 1. The normalized spacial score (nSPS) is 10.8. The van der Waals surface area contributed by atoms with Crippen LogP contribution in [0.3, 0.4) is 0 Å². The molecule has 3 aromatic rings. The first-order valence-corrected chi connectivity index (χ1v) is 7.59. The summed E-state index contributed by atoms with van der Waals surface area (Å²) in [5, 5.41) is 7.92. The Labute approximate surface area is 136 Å². The molecule has 1 aromatic heterocycles. The van der Waals surface area contributed by atoms with E-state index in [9.17, 15) is 0 Å². The Morgan fingerprint density at radius 2 is 1.76 bits per heavy atom. The van der Waals surface area contributed by atoms with Crippen LogP contribution in [0.5, 0.6) is 0 Å². The summed E-state index contributed by atoms with van der Waals surface area (Å²) < 4.78 is 1.03. The zero-order chi connectivity index (χ0) is 15.0. The number of nitrogen functional groups attached to an aromatic ring is 1. The molecule has 0 saturated heterocycles. The third kappa shape index (κ3) is 2.69. The molecule has 0 fully saturated rings. The van der Waals surface area contributed by atoms with E-state index in [-0.39, 0.29) is 0 Å². The van der Waals surface area contributed by atoms with Crippen LogP contribution in [0.4, 0.5) is 5.82 Å². The third-order valence-electron chi connectivity index (χ3n) is 3.37. The number of nitrogens with two attached hydrogens (primary N) is 1. The summed E-state index contributed by atoms with van der Waals surface area (Å²) in [5.41, 5.74) is 10.9. The number of hydrogen-bond acceptors (Lipinski definition) is 2. The molecular weight excluding hydrogens is 350 g/mol. The van der Waals surface area contributed by atoms with Crippen LogP contribution in [-0.2, 0) is 0 Å². The summed E-state index contributed by atoms with van der Waals surface area (Å²) in [5.74, 6) is 0.486. The van der Waals surface area contributed by atoms with Crippen molar-refractivity contribution >= 4 is 33.3 Å². The van der Waals surface area contributed by atoms with Crippen LogP contribution in [0.25, 0.3) is 22.4 Å². The third-order valence-corrected chi connectivity index (χ3v) is 4.33. The molecule has 0 aliphatic rings. The van der Waals surface area contributed by atoms with Crippen molar-refractivity contribution in [3.8, 4) is 22.4 Å². The van der Waals surface area contributed by atoms with Gasteiger partial charge in [0.1, 0.15) is 0 Å². The molecule has 0 atom stereocenters. The van der Waals surface area contributed by atoms with E-state index in [4.69, 9.17) is 17.3 Å². The van der Waals surface area contributed by atoms with Crippen molar-refractivity contribution in [1.29, 1.82) is 0 Å². The lowest BCUT2D eigenvalue weighted by Gasteiger charge is -2.07. The maximum absolute atomic E-state index is 6.09. The number of hydrogen-bond donors (Lipinski definition) is 2. The number of halogens is 2. The fraction of sp³-hybridized carbons (Fsp3) is 0.0625. The number of nitrogens with one attached hydrogen (secondary N) is 1. The van der Waals surface area contributed by atoms with Crippen LogP contribution < -0.4 is 5.73 Å². The number of H-pyrrole nitrogens is 1. The van der Waals surface area contributed by atoms with Gasteiger partial charge in [-0.1, -0.05) is 45.7 Å². The highest BCUT2D eigenvalue weighted by Gasteiger charge is 2.15. The van der Waals surface area contributed by atoms with Gasteiger partial charge in [0.25, 0.3) is 0 Å². The number of aryl methyl sites for hydroxylation is 1. The molecule has 2 aromatic carbocycles. The van der Waals surface area contributed by atoms with Crippen LogP contribution in [0, 0.1) is 6.92 Å². The largest absolute Gasteiger partial charge is 0.382 e. The van der Waals surface area contributed by atoms with E-state index >= 15 is 0 Å². The first kappa shape index (κ1) is 14.2. The van der Waals surface area contributed by atoms with Gasteiger partial charge < -0.3 is 5.73 Å². The maximum Gasteiger partial charge on any atom is 0.153 e. The predicted molar refractivity (Wildman–Crippen MR) is 91.3 cm³/mol. The van der Waals surface area contributed by atoms with Gasteiger partial charge in [0.2, 0.25) is 0 Å². The fourth-order valence-corrected chi connectivity index (χ4v) is 2.66. The molecule has 0 aliphatic carbocycles. The van der Waals surface area contributed by atoms with E-state index in [1.54, 1.807) is 0 Å². The average Bonchev–Trinajstić information content (AvgIpc) is 2.85. The smallest absolute Gasteiger partial charge is 0.153 e. The Bertz CT molecular complexity index is 794. The van der Waals surface area contributed by atoms with Crippen LogP contribution in [0.15, 0.2) is 46.9 Å². The predicted octanol–water partition coefficient (Wildman–Crippen LogP) is 5.05. The molecular formula is C16H13BrClN3. The monoisotopic (exact) mass is 361 g/mol. The lowest BCUT2D eigenvalue weighted by Crippen LogP contribution is -1.89. The summed E-state index contributed by atoms with van der Waals surface area (Å²) in [6.07, 6.45) is 0. The molecule has 5 heteroatoms. The zero-order valence-corrected chi connectivity index (χ0v) is 13.7. The van der Waals surface area contributed by atoms with E-state index < -0.39 is 0 Å². The van der Waals surface area contributed by atoms with Gasteiger partial charge in [-0.05, 0) is 42.3 Å². The van der Waals surface area contributed by atoms with Gasteiger partial charge in [-0.15, -0.1) is 0 Å². The van der Waals surface area contributed by atoms with E-state index in [1.165, 1.54) is 0 Å². The molecule has 0 bridgehead atoms. The van der Waals surface area contributed by atoms with Gasteiger partial charge in [-0.25, -0.2) is 0 Å². The summed E-state index contributed by atoms with van der Waals surface area (Å²) >= 11 is 9.53. The Kier molecular flexibility index (Phi) is 3.74. The molecule has 3 nitrogen and oxygen atoms in total. The minimum Gasteiger partial charge on any atom is -0.382 e. The minimum absolute atomic E-state index is 0.486. The van der Waals surface area contributed by atoms with Gasteiger partial charge in [0.15, 0.2) is 5.82 Å². The van der Waals surface area contributed by atoms with E-state index in [2.05, 4.69) is 26.1 Å². The van der Waals surface area contributed by atoms with E-state index in [1.807, 2.05) is 49.4 Å².